The first-order valence-electron chi connectivity index (χ1n) is 33.5. The molecule has 0 aromatic heterocycles. The molecule has 0 aliphatic rings. The molecule has 1 atom stereocenters. The number of esters is 3. The van der Waals surface area contributed by atoms with Gasteiger partial charge >= 0.3 is 17.9 Å². The van der Waals surface area contributed by atoms with Crippen molar-refractivity contribution in [3.05, 3.63) is 36.5 Å². The summed E-state index contributed by atoms with van der Waals surface area (Å²) in [4.78, 5) is 38.2. The zero-order valence-electron chi connectivity index (χ0n) is 50.6. The summed E-state index contributed by atoms with van der Waals surface area (Å²) >= 11 is 0. The second kappa shape index (κ2) is 64.2. The van der Waals surface area contributed by atoms with Gasteiger partial charge < -0.3 is 14.2 Å². The van der Waals surface area contributed by atoms with Gasteiger partial charge in [0.15, 0.2) is 6.10 Å². The summed E-state index contributed by atoms with van der Waals surface area (Å²) < 4.78 is 16.9. The maximum atomic E-state index is 12.9. The molecule has 1 unspecified atom stereocenters. The molecule has 0 spiro atoms. The van der Waals surface area contributed by atoms with Gasteiger partial charge in [0, 0.05) is 19.3 Å². The van der Waals surface area contributed by atoms with Gasteiger partial charge in [-0.25, -0.2) is 0 Å². The number of rotatable bonds is 62. The van der Waals surface area contributed by atoms with E-state index in [9.17, 15) is 14.4 Å². The first kappa shape index (κ1) is 72.6. The third-order valence-electron chi connectivity index (χ3n) is 15.2. The Morgan fingerprint density at radius 1 is 0.280 bits per heavy atom. The average molecular weight is 1050 g/mol. The molecule has 0 saturated carbocycles. The van der Waals surface area contributed by atoms with Crippen LogP contribution in [0.3, 0.4) is 0 Å². The third kappa shape index (κ3) is 62.4. The van der Waals surface area contributed by atoms with E-state index in [4.69, 9.17) is 14.2 Å². The summed E-state index contributed by atoms with van der Waals surface area (Å²) in [6.07, 6.45) is 79.0. The molecule has 0 rings (SSSR count). The van der Waals surface area contributed by atoms with E-state index in [0.717, 1.165) is 96.3 Å². The molecule has 0 aromatic carbocycles. The number of hydrogen-bond acceptors (Lipinski definition) is 6. The molecule has 0 aliphatic carbocycles. The minimum absolute atomic E-state index is 0.0741. The number of allylic oxidation sites excluding steroid dienone is 6. The van der Waals surface area contributed by atoms with Crippen LogP contribution in [-0.2, 0) is 28.6 Å². The van der Waals surface area contributed by atoms with E-state index in [0.29, 0.717) is 19.3 Å². The van der Waals surface area contributed by atoms with Crippen LogP contribution in [0.2, 0.25) is 0 Å². The van der Waals surface area contributed by atoms with Gasteiger partial charge in [-0.1, -0.05) is 333 Å². The molecule has 75 heavy (non-hydrogen) atoms. The number of ether oxygens (including phenoxy) is 3. The Morgan fingerprint density at radius 2 is 0.520 bits per heavy atom. The summed E-state index contributed by atoms with van der Waals surface area (Å²) in [7, 11) is 0. The van der Waals surface area contributed by atoms with Crippen LogP contribution >= 0.6 is 0 Å². The van der Waals surface area contributed by atoms with Crippen molar-refractivity contribution in [1.82, 2.24) is 0 Å². The number of unbranched alkanes of at least 4 members (excludes halogenated alkanes) is 45. The van der Waals surface area contributed by atoms with Crippen molar-refractivity contribution in [2.75, 3.05) is 13.2 Å². The van der Waals surface area contributed by atoms with Gasteiger partial charge in [-0.15, -0.1) is 0 Å². The molecular formula is C69H128O6. The lowest BCUT2D eigenvalue weighted by Crippen LogP contribution is -2.30. The first-order valence-corrected chi connectivity index (χ1v) is 33.5. The molecule has 0 bridgehead atoms. The molecule has 0 amide bonds. The van der Waals surface area contributed by atoms with Crippen molar-refractivity contribution >= 4 is 17.9 Å². The lowest BCUT2D eigenvalue weighted by molar-refractivity contribution is -0.167. The van der Waals surface area contributed by atoms with Gasteiger partial charge in [-0.05, 0) is 51.4 Å². The van der Waals surface area contributed by atoms with E-state index in [1.54, 1.807) is 0 Å². The third-order valence-corrected chi connectivity index (χ3v) is 15.2. The van der Waals surface area contributed by atoms with Gasteiger partial charge in [-0.3, -0.25) is 14.4 Å². The van der Waals surface area contributed by atoms with Crippen LogP contribution in [0.4, 0.5) is 0 Å². The standard InChI is InChI=1S/C69H128O6/c1-4-7-10-13-16-19-22-25-27-28-29-30-31-32-33-34-35-36-37-38-39-40-41-43-44-47-50-53-56-59-62-68(71)74-65-66(64-73-67(70)61-58-55-52-49-46-24-21-18-15-12-9-6-3)75-69(72)63-60-57-54-51-48-45-42-26-23-20-17-14-11-8-5-2/h8,11,17,20,26,42,66H,4-7,9-10,12-16,18-19,21-25,27-41,43-65H2,1-3H3/b11-8-,20-17-,42-26-. The molecule has 0 radical (unpaired) electrons. The fourth-order valence-corrected chi connectivity index (χ4v) is 10.2. The van der Waals surface area contributed by atoms with Gasteiger partial charge in [0.1, 0.15) is 13.2 Å². The smallest absolute Gasteiger partial charge is 0.306 e. The summed E-state index contributed by atoms with van der Waals surface area (Å²) in [5, 5.41) is 0. The van der Waals surface area contributed by atoms with E-state index in [1.165, 1.54) is 231 Å². The van der Waals surface area contributed by atoms with Crippen LogP contribution in [-0.4, -0.2) is 37.2 Å². The van der Waals surface area contributed by atoms with E-state index in [2.05, 4.69) is 57.2 Å². The Labute approximate surface area is 467 Å². The highest BCUT2D eigenvalue weighted by molar-refractivity contribution is 5.71. The summed E-state index contributed by atoms with van der Waals surface area (Å²) in [6.45, 7) is 6.57. The molecule has 0 fully saturated rings. The van der Waals surface area contributed by atoms with Crippen LogP contribution in [0.15, 0.2) is 36.5 Å². The van der Waals surface area contributed by atoms with Crippen molar-refractivity contribution in [3.63, 3.8) is 0 Å². The number of hydrogen-bond donors (Lipinski definition) is 0. The maximum absolute atomic E-state index is 12.9. The SMILES string of the molecule is CC/C=C\C/C=C\C/C=C\CCCCCCCC(=O)OC(COC(=O)CCCCCCCCCCCCCC)COC(=O)CCCCCCCCCCCCCCCCCCCCCCCCCCCCCCCC. The quantitative estimate of drug-likeness (QED) is 0.0261. The van der Waals surface area contributed by atoms with Gasteiger partial charge in [0.2, 0.25) is 0 Å². The van der Waals surface area contributed by atoms with Crippen molar-refractivity contribution in [2.45, 2.75) is 374 Å². The van der Waals surface area contributed by atoms with Gasteiger partial charge in [0.25, 0.3) is 0 Å². The molecular weight excluding hydrogens is 925 g/mol. The van der Waals surface area contributed by atoms with Crippen LogP contribution < -0.4 is 0 Å². The Morgan fingerprint density at radius 3 is 0.813 bits per heavy atom. The highest BCUT2D eigenvalue weighted by Gasteiger charge is 2.19. The first-order chi connectivity index (χ1) is 37.0. The Bertz CT molecular complexity index is 1250. The Hall–Kier alpha value is -2.37. The van der Waals surface area contributed by atoms with Gasteiger partial charge in [-0.2, -0.15) is 0 Å². The normalized spacial score (nSPS) is 12.2. The van der Waals surface area contributed by atoms with Gasteiger partial charge in [0.05, 0.1) is 0 Å². The van der Waals surface area contributed by atoms with E-state index < -0.39 is 6.10 Å². The number of carbonyl (C=O) groups is 3. The highest BCUT2D eigenvalue weighted by Crippen LogP contribution is 2.18. The van der Waals surface area contributed by atoms with E-state index in [1.807, 2.05) is 0 Å². The average Bonchev–Trinajstić information content (AvgIpc) is 3.41. The summed E-state index contributed by atoms with van der Waals surface area (Å²) in [5.41, 5.74) is 0. The molecule has 0 heterocycles. The maximum Gasteiger partial charge on any atom is 0.306 e. The summed E-state index contributed by atoms with van der Waals surface area (Å²) in [6, 6.07) is 0. The fourth-order valence-electron chi connectivity index (χ4n) is 10.2. The van der Waals surface area contributed by atoms with Crippen molar-refractivity contribution in [2.24, 2.45) is 0 Å². The topological polar surface area (TPSA) is 78.9 Å². The monoisotopic (exact) mass is 1050 g/mol. The molecule has 0 aromatic rings. The molecule has 6 heteroatoms. The minimum atomic E-state index is -0.778. The number of carbonyl (C=O) groups excluding carboxylic acids is 3. The zero-order valence-corrected chi connectivity index (χ0v) is 50.6. The van der Waals surface area contributed by atoms with Crippen LogP contribution in [0.5, 0.6) is 0 Å². The highest BCUT2D eigenvalue weighted by atomic mass is 16.6. The predicted molar refractivity (Wildman–Crippen MR) is 326 cm³/mol. The fraction of sp³-hybridized carbons (Fsp3) is 0.870. The second-order valence-electron chi connectivity index (χ2n) is 22.7. The predicted octanol–water partition coefficient (Wildman–Crippen LogP) is 22.8. The van der Waals surface area contributed by atoms with Crippen LogP contribution in [0, 0.1) is 0 Å². The molecule has 0 N–H and O–H groups in total. The largest absolute Gasteiger partial charge is 0.462 e. The van der Waals surface area contributed by atoms with E-state index in [-0.39, 0.29) is 31.1 Å². The van der Waals surface area contributed by atoms with Crippen molar-refractivity contribution in [3.8, 4) is 0 Å². The molecule has 440 valence electrons. The minimum Gasteiger partial charge on any atom is -0.462 e. The second-order valence-corrected chi connectivity index (χ2v) is 22.7. The molecule has 6 nitrogen and oxygen atoms in total. The molecule has 0 saturated heterocycles. The van der Waals surface area contributed by atoms with Crippen LogP contribution in [0.25, 0.3) is 0 Å². The van der Waals surface area contributed by atoms with Crippen molar-refractivity contribution in [1.29, 1.82) is 0 Å². The lowest BCUT2D eigenvalue weighted by atomic mass is 10.0. The Balaban J connectivity index is 4.11. The Kier molecular flexibility index (Phi) is 62.1. The zero-order chi connectivity index (χ0) is 54.3. The van der Waals surface area contributed by atoms with Crippen LogP contribution in [0.1, 0.15) is 367 Å². The molecule has 0 aliphatic heterocycles. The summed E-state index contributed by atoms with van der Waals surface area (Å²) in [5.74, 6) is -0.868. The van der Waals surface area contributed by atoms with E-state index >= 15 is 0 Å². The van der Waals surface area contributed by atoms with Crippen molar-refractivity contribution < 1.29 is 28.6 Å². The lowest BCUT2D eigenvalue weighted by Gasteiger charge is -2.18.